The van der Waals surface area contributed by atoms with Crippen LogP contribution in [-0.4, -0.2) is 81.3 Å². The fraction of sp³-hybridized carbons (Fsp3) is 0.250. The Morgan fingerprint density at radius 1 is 0.463 bits per heavy atom. The van der Waals surface area contributed by atoms with Gasteiger partial charge in [-0.2, -0.15) is 0 Å². The van der Waals surface area contributed by atoms with Crippen molar-refractivity contribution in [3.8, 4) is 33.8 Å². The lowest BCUT2D eigenvalue weighted by atomic mass is 10.1. The predicted molar refractivity (Wildman–Crippen MR) is 272 cm³/mol. The van der Waals surface area contributed by atoms with Gasteiger partial charge in [0.05, 0.1) is 26.9 Å². The predicted octanol–water partition coefficient (Wildman–Crippen LogP) is 11.9. The van der Waals surface area contributed by atoms with E-state index in [1.165, 1.54) is 11.1 Å². The first-order chi connectivity index (χ1) is 32.8. The molecular weight excluding hydrogens is 837 g/mol. The summed E-state index contributed by atoms with van der Waals surface area (Å²) >= 11 is 0. The van der Waals surface area contributed by atoms with Gasteiger partial charge in [0.1, 0.15) is 24.2 Å². The van der Waals surface area contributed by atoms with E-state index in [2.05, 4.69) is 42.0 Å². The Balaban J connectivity index is 0.000000302. The summed E-state index contributed by atoms with van der Waals surface area (Å²) in [4.78, 5) is 23.9. The molecule has 1 unspecified atom stereocenters. The van der Waals surface area contributed by atoms with Crippen molar-refractivity contribution in [3.63, 3.8) is 0 Å². The molecule has 0 aliphatic carbocycles. The molecular formula is C56H68N6O5. The van der Waals surface area contributed by atoms with Gasteiger partial charge in [0.2, 0.25) is 0 Å². The summed E-state index contributed by atoms with van der Waals surface area (Å²) in [5, 5.41) is 9.09. The highest BCUT2D eigenvalue weighted by atomic mass is 16.6. The first-order valence-corrected chi connectivity index (χ1v) is 22.3. The van der Waals surface area contributed by atoms with Crippen molar-refractivity contribution in [3.05, 3.63) is 218 Å². The van der Waals surface area contributed by atoms with Crippen LogP contribution in [0.25, 0.3) is 22.3 Å². The summed E-state index contributed by atoms with van der Waals surface area (Å²) in [6, 6.07) is 47.2. The minimum atomic E-state index is -0.266. The van der Waals surface area contributed by atoms with Gasteiger partial charge >= 0.3 is 0 Å². The quantitative estimate of drug-likeness (QED) is 0.117. The van der Waals surface area contributed by atoms with E-state index in [4.69, 9.17) is 24.1 Å². The van der Waals surface area contributed by atoms with E-state index >= 15 is 0 Å². The smallest absolute Gasteiger partial charge is 0.119 e. The average molecular weight is 905 g/mol. The Bertz CT molecular complexity index is 2210. The Kier molecular flexibility index (Phi) is 31.0. The molecule has 0 saturated heterocycles. The second-order valence-electron chi connectivity index (χ2n) is 13.8. The number of benzene rings is 2. The minimum Gasteiger partial charge on any atom is -0.497 e. The summed E-state index contributed by atoms with van der Waals surface area (Å²) in [6.07, 6.45) is 14.0. The molecule has 0 bridgehead atoms. The summed E-state index contributed by atoms with van der Waals surface area (Å²) in [7, 11) is 1.67. The molecule has 0 radical (unpaired) electrons. The molecule has 0 aliphatic rings. The molecule has 8 aromatic rings. The molecule has 11 heteroatoms. The van der Waals surface area contributed by atoms with Crippen LogP contribution >= 0.6 is 0 Å². The number of rotatable bonds is 12. The zero-order chi connectivity index (χ0) is 48.6. The van der Waals surface area contributed by atoms with Crippen LogP contribution in [0.15, 0.2) is 195 Å². The maximum Gasteiger partial charge on any atom is 0.119 e. The summed E-state index contributed by atoms with van der Waals surface area (Å²) < 4.78 is 21.5. The number of pyridine rings is 6. The number of ether oxygens (including phenoxy) is 4. The highest BCUT2D eigenvalue weighted by Gasteiger charge is 2.06. The van der Waals surface area contributed by atoms with Crippen LogP contribution in [0.1, 0.15) is 43.5 Å². The Morgan fingerprint density at radius 2 is 0.896 bits per heavy atom. The van der Waals surface area contributed by atoms with Crippen molar-refractivity contribution in [1.29, 1.82) is 0 Å². The number of hydrogen-bond acceptors (Lipinski definition) is 11. The van der Waals surface area contributed by atoms with Gasteiger partial charge in [0.25, 0.3) is 0 Å². The van der Waals surface area contributed by atoms with Crippen molar-refractivity contribution in [2.45, 2.75) is 54.6 Å². The average Bonchev–Trinajstić information content (AvgIpc) is 3.39. The molecule has 0 spiro atoms. The zero-order valence-electron chi connectivity index (χ0n) is 40.4. The van der Waals surface area contributed by atoms with Gasteiger partial charge in [0, 0.05) is 79.0 Å². The summed E-state index contributed by atoms with van der Waals surface area (Å²) in [6.45, 7) is 15.6. The molecule has 0 amide bonds. The first kappa shape index (κ1) is 56.0. The number of nitrogens with zero attached hydrogens (tertiary/aromatic N) is 6. The summed E-state index contributed by atoms with van der Waals surface area (Å²) in [5.41, 5.74) is 8.81. The van der Waals surface area contributed by atoms with Crippen LogP contribution in [0.5, 0.6) is 11.5 Å². The van der Waals surface area contributed by atoms with Crippen LogP contribution in [0.4, 0.5) is 0 Å². The van der Waals surface area contributed by atoms with Crippen LogP contribution < -0.4 is 9.47 Å². The van der Waals surface area contributed by atoms with Crippen molar-refractivity contribution in [2.24, 2.45) is 0 Å². The van der Waals surface area contributed by atoms with E-state index in [1.54, 1.807) is 44.3 Å². The Labute approximate surface area is 399 Å². The van der Waals surface area contributed by atoms with Crippen molar-refractivity contribution < 1.29 is 24.1 Å². The number of hydrogen-bond donors (Lipinski definition) is 1. The van der Waals surface area contributed by atoms with E-state index in [0.29, 0.717) is 26.4 Å². The monoisotopic (exact) mass is 905 g/mol. The molecule has 1 N–H and O–H groups in total. The molecule has 11 nitrogen and oxygen atoms in total. The maximum absolute atomic E-state index is 9.09. The third-order valence-corrected chi connectivity index (χ3v) is 8.57. The Hall–Kier alpha value is -7.18. The first-order valence-electron chi connectivity index (χ1n) is 22.3. The molecule has 6 aromatic heterocycles. The largest absolute Gasteiger partial charge is 0.497 e. The second kappa shape index (κ2) is 37.1. The van der Waals surface area contributed by atoms with Crippen molar-refractivity contribution in [2.75, 3.05) is 40.1 Å². The molecule has 352 valence electrons. The highest BCUT2D eigenvalue weighted by molar-refractivity contribution is 5.65. The molecule has 0 saturated carbocycles. The van der Waals surface area contributed by atoms with Gasteiger partial charge in [-0.1, -0.05) is 62.4 Å². The Morgan fingerprint density at radius 3 is 1.21 bits per heavy atom. The minimum absolute atomic E-state index is 0.0371. The van der Waals surface area contributed by atoms with E-state index in [9.17, 15) is 0 Å². The van der Waals surface area contributed by atoms with Crippen molar-refractivity contribution >= 4 is 0 Å². The van der Waals surface area contributed by atoms with Crippen LogP contribution in [0, 0.1) is 27.7 Å². The van der Waals surface area contributed by atoms with Gasteiger partial charge in [-0.05, 0) is 154 Å². The number of aromatic nitrogens is 6. The molecule has 6 heterocycles. The zero-order valence-corrected chi connectivity index (χ0v) is 40.4. The third kappa shape index (κ3) is 27.0. The van der Waals surface area contributed by atoms with Gasteiger partial charge in [-0.3, -0.25) is 29.9 Å². The van der Waals surface area contributed by atoms with Crippen LogP contribution in [0.3, 0.4) is 0 Å². The highest BCUT2D eigenvalue weighted by Crippen LogP contribution is 2.23. The molecule has 1 atom stereocenters. The lowest BCUT2D eigenvalue weighted by molar-refractivity contribution is -0.0419. The second-order valence-corrected chi connectivity index (χ2v) is 13.8. The molecule has 8 rings (SSSR count). The molecule has 0 aliphatic heterocycles. The van der Waals surface area contributed by atoms with E-state index < -0.39 is 0 Å². The maximum atomic E-state index is 9.09. The fourth-order valence-corrected chi connectivity index (χ4v) is 5.32. The van der Waals surface area contributed by atoms with Crippen molar-refractivity contribution in [1.82, 2.24) is 29.9 Å². The van der Waals surface area contributed by atoms with Gasteiger partial charge in [-0.25, -0.2) is 0 Å². The number of methoxy groups -OCH3 is 1. The number of aryl methyl sites for hydroxylation is 4. The molecule has 0 fully saturated rings. The lowest BCUT2D eigenvalue weighted by Crippen LogP contribution is -2.25. The summed E-state index contributed by atoms with van der Waals surface area (Å²) in [5.74, 6) is 1.68. The topological polar surface area (TPSA) is 134 Å². The van der Waals surface area contributed by atoms with E-state index in [1.807, 2.05) is 194 Å². The van der Waals surface area contributed by atoms with Gasteiger partial charge in [0.15, 0.2) is 0 Å². The number of aliphatic hydroxyl groups is 1. The number of aliphatic hydroxyl groups excluding tert-OH is 1. The standard InChI is InChI=1S/C19H25NO4.C13H13NO.2C6H7N.2C5H5N.C2H6/c1-3-23-19(13-21)14-22-10-11-24-18-6-4-16(5-7-18)17-8-9-20-15(2)12-17;1-10-9-12(7-8-14-10)11-3-5-13(15-2)6-4-11;2*1-6-4-2-3-5-7-6;2*1-2-4-6-5-3-1;1-2/h4-9,12,19,21H,3,10-11,13-14H2,1-2H3;3-9H,1-2H3;2*2-5H,1H3;2*1-5H;1-2H3. The normalized spacial score (nSPS) is 9.93. The molecule has 2 aromatic carbocycles. The third-order valence-electron chi connectivity index (χ3n) is 8.57. The van der Waals surface area contributed by atoms with Gasteiger partial charge < -0.3 is 24.1 Å². The van der Waals surface area contributed by atoms with E-state index in [-0.39, 0.29) is 12.7 Å². The van der Waals surface area contributed by atoms with Crippen LogP contribution in [0.2, 0.25) is 0 Å². The van der Waals surface area contributed by atoms with Gasteiger partial charge in [-0.15, -0.1) is 0 Å². The lowest BCUT2D eigenvalue weighted by Gasteiger charge is -2.14. The van der Waals surface area contributed by atoms with E-state index in [0.717, 1.165) is 45.4 Å². The fourth-order valence-electron chi connectivity index (χ4n) is 5.32. The van der Waals surface area contributed by atoms with Crippen LogP contribution in [-0.2, 0) is 9.47 Å². The SMILES string of the molecule is CC.CCOC(CO)COCCOc1ccc(-c2ccnc(C)c2)cc1.COc1ccc(-c2ccnc(C)c2)cc1.Cc1ccccn1.Cc1ccccn1.c1ccncc1.c1ccncc1. The molecule has 67 heavy (non-hydrogen) atoms.